The van der Waals surface area contributed by atoms with E-state index >= 15 is 0 Å². The molecule has 3 fully saturated rings. The fourth-order valence-electron chi connectivity index (χ4n) is 7.41. The summed E-state index contributed by atoms with van der Waals surface area (Å²) in [5.41, 5.74) is 0.128. The predicted molar refractivity (Wildman–Crippen MR) is 207 cm³/mol. The van der Waals surface area contributed by atoms with E-state index in [9.17, 15) is 0 Å². The van der Waals surface area contributed by atoms with Crippen molar-refractivity contribution in [1.82, 2.24) is 0 Å². The molecule has 0 radical (unpaired) electrons. The average Bonchev–Trinajstić information content (AvgIpc) is 3.97. The molecule has 0 aliphatic carbocycles. The summed E-state index contributed by atoms with van der Waals surface area (Å²) in [5, 5.41) is 1.20. The average molecular weight is 757 g/mol. The Labute approximate surface area is 303 Å². The van der Waals surface area contributed by atoms with Crippen LogP contribution < -0.4 is 18.5 Å². The lowest BCUT2D eigenvalue weighted by Crippen LogP contribution is -2.56. The Morgan fingerprint density at radius 1 is 0.551 bits per heavy atom. The van der Waals surface area contributed by atoms with E-state index in [0.717, 1.165) is 103 Å². The van der Waals surface area contributed by atoms with Crippen LogP contribution in [0.3, 0.4) is 0 Å². The minimum absolute atomic E-state index is 0.0272. The Morgan fingerprint density at radius 2 is 0.878 bits per heavy atom. The van der Waals surface area contributed by atoms with Gasteiger partial charge in [-0.1, -0.05) is 68.4 Å². The molecule has 3 aliphatic rings. The van der Waals surface area contributed by atoms with Crippen molar-refractivity contribution in [2.45, 2.75) is 153 Å². The van der Waals surface area contributed by atoms with Gasteiger partial charge in [0.05, 0.1) is 56.8 Å². The van der Waals surface area contributed by atoms with Gasteiger partial charge in [-0.3, -0.25) is 0 Å². The van der Waals surface area contributed by atoms with Gasteiger partial charge in [0.15, 0.2) is 5.75 Å². The van der Waals surface area contributed by atoms with Crippen LogP contribution in [0.25, 0.3) is 0 Å². The molecule has 0 spiro atoms. The third kappa shape index (κ3) is 10.2. The lowest BCUT2D eigenvalue weighted by molar-refractivity contribution is 0.0713. The first-order chi connectivity index (χ1) is 23.7. The van der Waals surface area contributed by atoms with Gasteiger partial charge < -0.3 is 41.7 Å². The summed E-state index contributed by atoms with van der Waals surface area (Å²) in [5.74, 6) is 2.49. The molecule has 0 bridgehead atoms. The van der Waals surface area contributed by atoms with Crippen LogP contribution in [0.4, 0.5) is 0 Å². The van der Waals surface area contributed by atoms with Gasteiger partial charge in [-0.2, -0.15) is 0 Å². The molecule has 9 nitrogen and oxygen atoms in total. The molecule has 4 rings (SSSR count). The Bertz CT molecular complexity index is 1140. The highest BCUT2D eigenvalue weighted by Gasteiger charge is 2.49. The van der Waals surface area contributed by atoms with E-state index in [0.29, 0.717) is 19.8 Å². The SMILES string of the molecule is CCC(OCC1CO1)[Si](CC)(CC)Oc1ccc([SiH3])c(O[Si](CC)(CC)C(CC)OCC2CO2)c1O[Si](CC)(CC)C(CC)OCC1CO1. The van der Waals surface area contributed by atoms with E-state index in [-0.39, 0.29) is 35.5 Å². The molecule has 0 amide bonds. The van der Waals surface area contributed by atoms with E-state index < -0.39 is 25.0 Å². The predicted octanol–water partition coefficient (Wildman–Crippen LogP) is 5.97. The molecule has 13 heteroatoms. The number of benzene rings is 1. The smallest absolute Gasteiger partial charge is 0.279 e. The van der Waals surface area contributed by atoms with E-state index in [4.69, 9.17) is 41.7 Å². The monoisotopic (exact) mass is 756 g/mol. The Morgan fingerprint density at radius 3 is 1.18 bits per heavy atom. The summed E-state index contributed by atoms with van der Waals surface area (Å²) in [6.07, 6.45) is 3.34. The first-order valence-corrected chi connectivity index (χ1v) is 27.8. The van der Waals surface area contributed by atoms with Gasteiger partial charge in [0.1, 0.15) is 29.8 Å². The van der Waals surface area contributed by atoms with Crippen molar-refractivity contribution in [2.75, 3.05) is 39.6 Å². The number of hydrogen-bond acceptors (Lipinski definition) is 9. The third-order valence-corrected chi connectivity index (χ3v) is 26.4. The van der Waals surface area contributed by atoms with Crippen LogP contribution in [-0.4, -0.2) is 110 Å². The van der Waals surface area contributed by atoms with E-state index in [2.05, 4.69) is 74.4 Å². The van der Waals surface area contributed by atoms with Gasteiger partial charge in [0, 0.05) is 10.2 Å². The Hall–Kier alpha value is -0.752. The molecule has 0 saturated carbocycles. The zero-order chi connectivity index (χ0) is 35.7. The van der Waals surface area contributed by atoms with Gasteiger partial charge in [0.2, 0.25) is 0 Å². The first-order valence-electron chi connectivity index (χ1n) is 19.6. The second-order valence-electron chi connectivity index (χ2n) is 14.2. The van der Waals surface area contributed by atoms with Crippen molar-refractivity contribution < 1.29 is 41.7 Å². The second kappa shape index (κ2) is 18.8. The Balaban J connectivity index is 1.82. The highest BCUT2D eigenvalue weighted by atomic mass is 28.4. The maximum atomic E-state index is 7.63. The van der Waals surface area contributed by atoms with Crippen LogP contribution in [0.5, 0.6) is 17.2 Å². The molecule has 282 valence electrons. The highest BCUT2D eigenvalue weighted by molar-refractivity contribution is 6.77. The summed E-state index contributed by atoms with van der Waals surface area (Å²) in [4.78, 5) is 0. The molecular formula is C36H68O9Si4. The summed E-state index contributed by atoms with van der Waals surface area (Å²) >= 11 is 0. The molecule has 3 saturated heterocycles. The van der Waals surface area contributed by atoms with Crippen LogP contribution in [-0.2, 0) is 28.4 Å². The molecule has 1 aromatic rings. The zero-order valence-corrected chi connectivity index (χ0v) is 37.4. The van der Waals surface area contributed by atoms with Gasteiger partial charge in [-0.25, -0.2) is 0 Å². The molecule has 0 aromatic heterocycles. The van der Waals surface area contributed by atoms with Crippen molar-refractivity contribution >= 4 is 40.4 Å². The fraction of sp³-hybridized carbons (Fsp3) is 0.833. The molecule has 3 heterocycles. The largest absolute Gasteiger partial charge is 0.538 e. The lowest BCUT2D eigenvalue weighted by atomic mass is 10.3. The highest BCUT2D eigenvalue weighted by Crippen LogP contribution is 2.45. The summed E-state index contributed by atoms with van der Waals surface area (Å²) < 4.78 is 59.1. The lowest BCUT2D eigenvalue weighted by Gasteiger charge is -2.42. The third-order valence-electron chi connectivity index (χ3n) is 11.3. The van der Waals surface area contributed by atoms with Crippen molar-refractivity contribution in [1.29, 1.82) is 0 Å². The van der Waals surface area contributed by atoms with Crippen LogP contribution >= 0.6 is 0 Å². The van der Waals surface area contributed by atoms with Crippen molar-refractivity contribution in [2.24, 2.45) is 0 Å². The van der Waals surface area contributed by atoms with Crippen LogP contribution in [0, 0.1) is 0 Å². The minimum atomic E-state index is -2.53. The van der Waals surface area contributed by atoms with E-state index in [1.165, 1.54) is 5.19 Å². The first kappa shape index (κ1) is 41.0. The molecule has 6 atom stereocenters. The van der Waals surface area contributed by atoms with Gasteiger partial charge >= 0.3 is 0 Å². The van der Waals surface area contributed by atoms with Gasteiger partial charge in [-0.15, -0.1) is 0 Å². The maximum absolute atomic E-state index is 7.63. The standard InChI is InChI=1S/C36H68O9Si4/c1-10-32(40-24-27-21-37-27)47(13-4,14-5)43-30-19-20-31(46)36(45-49(17-8,18-9)34(12-3)42-26-29-23-39-29)35(30)44-48(15-6,16-7)33(11-2)41-25-28-22-38-28/h19-20,27-29,32-34H,10-18,21-26H2,1-9,46H3. The maximum Gasteiger partial charge on any atom is 0.279 e. The fourth-order valence-corrected chi connectivity index (χ4v) is 18.9. The summed E-state index contributed by atoms with van der Waals surface area (Å²) in [6.45, 7) is 24.6. The molecular weight excluding hydrogens is 689 g/mol. The topological polar surface area (TPSA) is 93.0 Å². The van der Waals surface area contributed by atoms with E-state index in [1.54, 1.807) is 0 Å². The van der Waals surface area contributed by atoms with Gasteiger partial charge in [0.25, 0.3) is 25.0 Å². The number of ether oxygens (including phenoxy) is 6. The van der Waals surface area contributed by atoms with Crippen LogP contribution in [0.15, 0.2) is 12.1 Å². The normalized spacial score (nSPS) is 22.4. The van der Waals surface area contributed by atoms with Crippen molar-refractivity contribution in [3.63, 3.8) is 0 Å². The van der Waals surface area contributed by atoms with Gasteiger partial charge in [-0.05, 0) is 66.8 Å². The molecule has 49 heavy (non-hydrogen) atoms. The Kier molecular flexibility index (Phi) is 15.8. The van der Waals surface area contributed by atoms with Crippen LogP contribution in [0.1, 0.15) is 81.6 Å². The number of hydrogen-bond donors (Lipinski definition) is 0. The molecule has 1 aromatic carbocycles. The van der Waals surface area contributed by atoms with Crippen LogP contribution in [0.2, 0.25) is 36.3 Å². The van der Waals surface area contributed by atoms with Crippen molar-refractivity contribution in [3.8, 4) is 17.2 Å². The molecule has 3 aliphatic heterocycles. The number of rotatable bonds is 27. The van der Waals surface area contributed by atoms with Crippen molar-refractivity contribution in [3.05, 3.63) is 12.1 Å². The molecule has 0 N–H and O–H groups in total. The summed E-state index contributed by atoms with van der Waals surface area (Å²) in [7, 11) is -6.64. The zero-order valence-electron chi connectivity index (χ0n) is 32.4. The second-order valence-corrected chi connectivity index (χ2v) is 28.5. The minimum Gasteiger partial charge on any atom is -0.538 e. The quantitative estimate of drug-likeness (QED) is 0.0796. The summed E-state index contributed by atoms with van der Waals surface area (Å²) in [6, 6.07) is 10.0. The number of epoxide rings is 3. The molecule has 6 unspecified atom stereocenters. The van der Waals surface area contributed by atoms with E-state index in [1.807, 2.05) is 0 Å².